The molecule has 14 heavy (non-hydrogen) atoms. The van der Waals surface area contributed by atoms with Crippen LogP contribution in [0.25, 0.3) is 0 Å². The van der Waals surface area contributed by atoms with Gasteiger partial charge in [-0.2, -0.15) is 0 Å². The summed E-state index contributed by atoms with van der Waals surface area (Å²) in [4.78, 5) is 16.2. The Kier molecular flexibility index (Phi) is 2.77. The van der Waals surface area contributed by atoms with Crippen LogP contribution in [0.4, 0.5) is 0 Å². The van der Waals surface area contributed by atoms with Gasteiger partial charge in [-0.1, -0.05) is 0 Å². The Bertz CT molecular complexity index is 225. The maximum absolute atomic E-state index is 11.8. The van der Waals surface area contributed by atoms with Gasteiger partial charge in [0.15, 0.2) is 0 Å². The third-order valence-electron chi connectivity index (χ3n) is 3.47. The van der Waals surface area contributed by atoms with Crippen LogP contribution in [0, 0.1) is 5.92 Å². The van der Waals surface area contributed by atoms with E-state index in [4.69, 9.17) is 0 Å². The minimum Gasteiger partial charge on any atom is -0.340 e. The average molecular weight is 196 g/mol. The molecule has 0 bridgehead atoms. The molecule has 80 valence electrons. The molecule has 0 radical (unpaired) electrons. The van der Waals surface area contributed by atoms with Crippen LogP contribution < -0.4 is 0 Å². The zero-order valence-electron chi connectivity index (χ0n) is 9.20. The lowest BCUT2D eigenvalue weighted by atomic mass is 10.2. The first-order valence-corrected chi connectivity index (χ1v) is 5.65. The monoisotopic (exact) mass is 196 g/mol. The van der Waals surface area contributed by atoms with E-state index in [-0.39, 0.29) is 0 Å². The molecule has 0 spiro atoms. The van der Waals surface area contributed by atoms with Gasteiger partial charge in [0.1, 0.15) is 0 Å². The molecule has 0 aromatic heterocycles. The van der Waals surface area contributed by atoms with E-state index in [1.54, 1.807) is 0 Å². The van der Waals surface area contributed by atoms with Gasteiger partial charge in [0, 0.05) is 32.1 Å². The molecule has 3 nitrogen and oxygen atoms in total. The van der Waals surface area contributed by atoms with Crippen LogP contribution in [0.2, 0.25) is 0 Å². The minimum atomic E-state index is 0.382. The first-order valence-electron chi connectivity index (χ1n) is 5.65. The Morgan fingerprint density at radius 2 is 2.07 bits per heavy atom. The van der Waals surface area contributed by atoms with E-state index in [0.29, 0.717) is 11.9 Å². The summed E-state index contributed by atoms with van der Waals surface area (Å²) in [5.41, 5.74) is 0. The number of likely N-dealkylation sites (N-methyl/N-ethyl adjacent to an activating group) is 1. The highest BCUT2D eigenvalue weighted by molar-refractivity contribution is 5.76. The summed E-state index contributed by atoms with van der Waals surface area (Å²) in [6.45, 7) is 5.06. The average Bonchev–Trinajstić information content (AvgIpc) is 2.93. The lowest BCUT2D eigenvalue weighted by Crippen LogP contribution is -2.52. The molecule has 3 heteroatoms. The van der Waals surface area contributed by atoms with E-state index in [1.165, 1.54) is 12.8 Å². The van der Waals surface area contributed by atoms with Gasteiger partial charge in [-0.15, -0.1) is 0 Å². The van der Waals surface area contributed by atoms with Crippen molar-refractivity contribution in [3.05, 3.63) is 0 Å². The number of hydrogen-bond donors (Lipinski definition) is 0. The van der Waals surface area contributed by atoms with Crippen molar-refractivity contribution >= 4 is 5.91 Å². The molecule has 2 fully saturated rings. The van der Waals surface area contributed by atoms with Crippen molar-refractivity contribution < 1.29 is 4.79 Å². The van der Waals surface area contributed by atoms with Gasteiger partial charge in [0.2, 0.25) is 5.91 Å². The van der Waals surface area contributed by atoms with Crippen LogP contribution in [0.5, 0.6) is 0 Å². The van der Waals surface area contributed by atoms with Crippen LogP contribution >= 0.6 is 0 Å². The summed E-state index contributed by atoms with van der Waals surface area (Å²) in [6.07, 6.45) is 3.35. The summed E-state index contributed by atoms with van der Waals surface area (Å²) < 4.78 is 0. The standard InChI is InChI=1S/C11H20N2O/c1-9-8-13(6-5-12(9)2)11(14)7-10-3-4-10/h9-10H,3-8H2,1-2H3/t9-/m0/s1. The summed E-state index contributed by atoms with van der Waals surface area (Å²) in [5, 5.41) is 0. The predicted octanol–water partition coefficient (Wildman–Crippen LogP) is 0.949. The topological polar surface area (TPSA) is 23.6 Å². The Balaban J connectivity index is 1.82. The molecule has 1 saturated heterocycles. The summed E-state index contributed by atoms with van der Waals surface area (Å²) >= 11 is 0. The minimum absolute atomic E-state index is 0.382. The molecule has 2 aliphatic rings. The number of hydrogen-bond acceptors (Lipinski definition) is 2. The normalized spacial score (nSPS) is 29.3. The number of amides is 1. The van der Waals surface area contributed by atoms with Gasteiger partial charge in [0.25, 0.3) is 0 Å². The van der Waals surface area contributed by atoms with Gasteiger partial charge in [-0.3, -0.25) is 4.79 Å². The van der Waals surface area contributed by atoms with Crippen LogP contribution in [0.1, 0.15) is 26.2 Å². The molecule has 2 rings (SSSR count). The quantitative estimate of drug-likeness (QED) is 0.656. The van der Waals surface area contributed by atoms with E-state index in [9.17, 15) is 4.79 Å². The summed E-state index contributed by atoms with van der Waals surface area (Å²) in [6, 6.07) is 0.520. The van der Waals surface area contributed by atoms with Gasteiger partial charge in [-0.05, 0) is 32.7 Å². The molecule has 1 amide bonds. The molecule has 1 aliphatic heterocycles. The third kappa shape index (κ3) is 2.27. The molecule has 0 aromatic rings. The highest BCUT2D eigenvalue weighted by Gasteiger charge is 2.29. The fourth-order valence-electron chi connectivity index (χ4n) is 1.97. The van der Waals surface area contributed by atoms with Crippen molar-refractivity contribution in [2.45, 2.75) is 32.2 Å². The van der Waals surface area contributed by atoms with Gasteiger partial charge >= 0.3 is 0 Å². The largest absolute Gasteiger partial charge is 0.340 e. The maximum atomic E-state index is 11.8. The Morgan fingerprint density at radius 1 is 1.36 bits per heavy atom. The van der Waals surface area contributed by atoms with E-state index in [2.05, 4.69) is 18.9 Å². The third-order valence-corrected chi connectivity index (χ3v) is 3.47. The molecular formula is C11H20N2O. The number of piperazine rings is 1. The first kappa shape index (κ1) is 9.97. The lowest BCUT2D eigenvalue weighted by Gasteiger charge is -2.37. The van der Waals surface area contributed by atoms with Crippen molar-refractivity contribution in [3.63, 3.8) is 0 Å². The molecular weight excluding hydrogens is 176 g/mol. The molecule has 1 aliphatic carbocycles. The fraction of sp³-hybridized carbons (Fsp3) is 0.909. The molecule has 0 aromatic carbocycles. The Labute approximate surface area is 86.1 Å². The highest BCUT2D eigenvalue weighted by Crippen LogP contribution is 2.33. The van der Waals surface area contributed by atoms with Gasteiger partial charge in [0.05, 0.1) is 0 Å². The Hall–Kier alpha value is -0.570. The van der Waals surface area contributed by atoms with Crippen molar-refractivity contribution in [2.24, 2.45) is 5.92 Å². The second-order valence-electron chi connectivity index (χ2n) is 4.82. The van der Waals surface area contributed by atoms with E-state index in [1.807, 2.05) is 4.90 Å². The van der Waals surface area contributed by atoms with Gasteiger partial charge < -0.3 is 9.80 Å². The number of rotatable bonds is 2. The smallest absolute Gasteiger partial charge is 0.222 e. The first-order chi connectivity index (χ1) is 6.66. The second kappa shape index (κ2) is 3.89. The molecule has 0 N–H and O–H groups in total. The van der Waals surface area contributed by atoms with Crippen molar-refractivity contribution in [1.82, 2.24) is 9.80 Å². The zero-order chi connectivity index (χ0) is 10.1. The van der Waals surface area contributed by atoms with Crippen molar-refractivity contribution in [1.29, 1.82) is 0 Å². The number of carbonyl (C=O) groups excluding carboxylic acids is 1. The highest BCUT2D eigenvalue weighted by atomic mass is 16.2. The summed E-state index contributed by atoms with van der Waals surface area (Å²) in [5.74, 6) is 1.10. The van der Waals surface area contributed by atoms with E-state index < -0.39 is 0 Å². The Morgan fingerprint density at radius 3 is 2.64 bits per heavy atom. The van der Waals surface area contributed by atoms with Gasteiger partial charge in [-0.25, -0.2) is 0 Å². The predicted molar refractivity (Wildman–Crippen MR) is 56.0 cm³/mol. The van der Waals surface area contributed by atoms with Crippen LogP contribution in [0.15, 0.2) is 0 Å². The summed E-state index contributed by atoms with van der Waals surface area (Å²) in [7, 11) is 2.13. The lowest BCUT2D eigenvalue weighted by molar-refractivity contribution is -0.134. The van der Waals surface area contributed by atoms with Crippen molar-refractivity contribution in [3.8, 4) is 0 Å². The van der Waals surface area contributed by atoms with Crippen LogP contribution in [-0.2, 0) is 4.79 Å². The SMILES string of the molecule is C[C@H]1CN(C(=O)CC2CC2)CCN1C. The maximum Gasteiger partial charge on any atom is 0.222 e. The molecule has 1 atom stereocenters. The number of nitrogens with zero attached hydrogens (tertiary/aromatic N) is 2. The zero-order valence-corrected chi connectivity index (χ0v) is 9.20. The van der Waals surface area contributed by atoms with Crippen molar-refractivity contribution in [2.75, 3.05) is 26.7 Å². The van der Waals surface area contributed by atoms with E-state index >= 15 is 0 Å². The molecule has 1 saturated carbocycles. The van der Waals surface area contributed by atoms with Crippen LogP contribution in [-0.4, -0.2) is 48.4 Å². The van der Waals surface area contributed by atoms with Crippen LogP contribution in [0.3, 0.4) is 0 Å². The van der Waals surface area contributed by atoms with E-state index in [0.717, 1.165) is 32.0 Å². The molecule has 0 unspecified atom stereocenters. The second-order valence-corrected chi connectivity index (χ2v) is 4.82. The molecule has 1 heterocycles. The number of carbonyl (C=O) groups is 1. The fourth-order valence-corrected chi connectivity index (χ4v) is 1.97.